The maximum atomic E-state index is 13.0. The summed E-state index contributed by atoms with van der Waals surface area (Å²) in [7, 11) is -3.96. The normalized spacial score (nSPS) is 12.6. The van der Waals surface area contributed by atoms with Crippen molar-refractivity contribution >= 4 is 15.8 Å². The fraction of sp³-hybridized carbons (Fsp3) is 0.522. The number of benzene rings is 1. The fourth-order valence-electron chi connectivity index (χ4n) is 2.80. The van der Waals surface area contributed by atoms with Crippen molar-refractivity contribution in [2.45, 2.75) is 70.6 Å². The van der Waals surface area contributed by atoms with Crippen molar-refractivity contribution in [1.29, 1.82) is 0 Å². The molecule has 0 fully saturated rings. The highest BCUT2D eigenvalue weighted by Crippen LogP contribution is 2.21. The zero-order valence-corrected chi connectivity index (χ0v) is 18.8. The summed E-state index contributed by atoms with van der Waals surface area (Å²) in [4.78, 5) is 17.6. The third-order valence-corrected chi connectivity index (χ3v) is 6.34. The molecule has 0 aromatic heterocycles. The highest BCUT2D eigenvalue weighted by Gasteiger charge is 2.29. The minimum Gasteiger partial charge on any atom is -0.363 e. The van der Waals surface area contributed by atoms with E-state index in [9.17, 15) is 13.2 Å². The van der Waals surface area contributed by atoms with Crippen molar-refractivity contribution in [2.24, 2.45) is 0 Å². The molecule has 0 heterocycles. The maximum Gasteiger partial charge on any atom is 0.369 e. The number of hydrogen-bond acceptors (Lipinski definition) is 5. The summed E-state index contributed by atoms with van der Waals surface area (Å²) in [6.07, 6.45) is 13.0. The lowest BCUT2D eigenvalue weighted by Gasteiger charge is -2.18. The molecule has 6 heteroatoms. The molecule has 0 unspecified atom stereocenters. The maximum absolute atomic E-state index is 13.0. The van der Waals surface area contributed by atoms with E-state index in [0.29, 0.717) is 13.1 Å². The second-order valence-electron chi connectivity index (χ2n) is 6.83. The highest BCUT2D eigenvalue weighted by atomic mass is 32.2. The summed E-state index contributed by atoms with van der Waals surface area (Å²) >= 11 is 0. The molecule has 1 aromatic rings. The second-order valence-corrected chi connectivity index (χ2v) is 8.74. The van der Waals surface area contributed by atoms with E-state index in [1.807, 2.05) is 19.9 Å². The van der Waals surface area contributed by atoms with Gasteiger partial charge in [0.15, 0.2) is 4.91 Å². The standard InChI is InChI=1S/C23H35NO4S/c1-4-7-8-9-10-11-12-13-17-20-22(23(25)28-24(5-2)6-3)29(26,27)21-18-15-14-16-19-21/h13-20H,4-12H2,1-3H3. The van der Waals surface area contributed by atoms with Crippen molar-refractivity contribution in [1.82, 2.24) is 5.06 Å². The Morgan fingerprint density at radius 1 is 0.966 bits per heavy atom. The van der Waals surface area contributed by atoms with E-state index in [1.54, 1.807) is 24.3 Å². The summed E-state index contributed by atoms with van der Waals surface area (Å²) in [6.45, 7) is 6.84. The van der Waals surface area contributed by atoms with Crippen LogP contribution in [0.15, 0.2) is 58.4 Å². The van der Waals surface area contributed by atoms with Crippen LogP contribution >= 0.6 is 0 Å². The molecule has 1 rings (SSSR count). The van der Waals surface area contributed by atoms with Gasteiger partial charge in [-0.05, 0) is 44.9 Å². The number of carbonyl (C=O) groups excluding carboxylic acids is 1. The van der Waals surface area contributed by atoms with Gasteiger partial charge in [0.05, 0.1) is 4.90 Å². The molecule has 0 amide bonds. The molecule has 0 radical (unpaired) electrons. The van der Waals surface area contributed by atoms with Crippen LogP contribution in [0.4, 0.5) is 0 Å². The largest absolute Gasteiger partial charge is 0.369 e. The Bertz CT molecular complexity index is 750. The van der Waals surface area contributed by atoms with E-state index >= 15 is 0 Å². The van der Waals surface area contributed by atoms with Crippen molar-refractivity contribution in [2.75, 3.05) is 13.1 Å². The van der Waals surface area contributed by atoms with Crippen LogP contribution < -0.4 is 0 Å². The van der Waals surface area contributed by atoms with E-state index in [-0.39, 0.29) is 9.80 Å². The van der Waals surface area contributed by atoms with Gasteiger partial charge in [-0.15, -0.1) is 5.06 Å². The van der Waals surface area contributed by atoms with Gasteiger partial charge in [-0.25, -0.2) is 13.2 Å². The summed E-state index contributed by atoms with van der Waals surface area (Å²) in [5.41, 5.74) is 0. The van der Waals surface area contributed by atoms with Crippen LogP contribution in [-0.4, -0.2) is 32.5 Å². The molecule has 29 heavy (non-hydrogen) atoms. The number of unbranched alkanes of at least 4 members (excludes halogenated alkanes) is 6. The quantitative estimate of drug-likeness (QED) is 0.173. The molecule has 0 spiro atoms. The molecule has 162 valence electrons. The lowest BCUT2D eigenvalue weighted by molar-refractivity contribution is -0.182. The Morgan fingerprint density at radius 3 is 2.21 bits per heavy atom. The van der Waals surface area contributed by atoms with Crippen LogP contribution in [0, 0.1) is 0 Å². The molecule has 0 saturated carbocycles. The van der Waals surface area contributed by atoms with Crippen molar-refractivity contribution < 1.29 is 18.0 Å². The van der Waals surface area contributed by atoms with E-state index in [0.717, 1.165) is 19.3 Å². The molecule has 5 nitrogen and oxygen atoms in total. The van der Waals surface area contributed by atoms with Gasteiger partial charge in [-0.1, -0.05) is 69.4 Å². The third kappa shape index (κ3) is 8.96. The van der Waals surface area contributed by atoms with Crippen LogP contribution in [0.25, 0.3) is 0 Å². The van der Waals surface area contributed by atoms with E-state index in [2.05, 4.69) is 6.92 Å². The monoisotopic (exact) mass is 421 g/mol. The first-order valence-electron chi connectivity index (χ1n) is 10.6. The number of allylic oxidation sites excluding steroid dienone is 3. The first-order chi connectivity index (χ1) is 14.0. The zero-order chi connectivity index (χ0) is 21.5. The molecule has 0 aliphatic rings. The molecular weight excluding hydrogens is 386 g/mol. The number of hydrogen-bond donors (Lipinski definition) is 0. The molecule has 1 aromatic carbocycles. The summed E-state index contributed by atoms with van der Waals surface area (Å²) in [5, 5.41) is 1.43. The topological polar surface area (TPSA) is 63.7 Å². The average molecular weight is 422 g/mol. The molecule has 0 aliphatic carbocycles. The predicted octanol–water partition coefficient (Wildman–Crippen LogP) is 5.45. The Morgan fingerprint density at radius 2 is 1.59 bits per heavy atom. The van der Waals surface area contributed by atoms with Gasteiger partial charge < -0.3 is 4.84 Å². The van der Waals surface area contributed by atoms with E-state index < -0.39 is 15.8 Å². The fourth-order valence-corrected chi connectivity index (χ4v) is 4.09. The first-order valence-corrected chi connectivity index (χ1v) is 12.1. The third-order valence-electron chi connectivity index (χ3n) is 4.57. The van der Waals surface area contributed by atoms with Crippen molar-refractivity contribution in [3.8, 4) is 0 Å². The summed E-state index contributed by atoms with van der Waals surface area (Å²) < 4.78 is 26.0. The Balaban J connectivity index is 2.89. The number of nitrogens with zero attached hydrogens (tertiary/aromatic N) is 1. The summed E-state index contributed by atoms with van der Waals surface area (Å²) in [6, 6.07) is 7.96. The van der Waals surface area contributed by atoms with Gasteiger partial charge in [0.1, 0.15) is 0 Å². The van der Waals surface area contributed by atoms with Crippen LogP contribution in [0.2, 0.25) is 0 Å². The first kappa shape index (κ1) is 25.1. The van der Waals surface area contributed by atoms with Gasteiger partial charge in [-0.3, -0.25) is 0 Å². The SMILES string of the molecule is CCCCCCCCC=CC=C(C(=O)ON(CC)CC)S(=O)(=O)c1ccccc1. The molecule has 0 atom stereocenters. The van der Waals surface area contributed by atoms with Gasteiger partial charge in [-0.2, -0.15) is 0 Å². The number of rotatable bonds is 14. The molecule has 0 saturated heterocycles. The molecular formula is C23H35NO4S. The average Bonchev–Trinajstić information content (AvgIpc) is 2.73. The van der Waals surface area contributed by atoms with Crippen LogP contribution in [0.3, 0.4) is 0 Å². The van der Waals surface area contributed by atoms with Gasteiger partial charge in [0.2, 0.25) is 9.84 Å². The van der Waals surface area contributed by atoms with Gasteiger partial charge in [0.25, 0.3) is 0 Å². The Kier molecular flexibility index (Phi) is 12.2. The predicted molar refractivity (Wildman–Crippen MR) is 118 cm³/mol. The zero-order valence-electron chi connectivity index (χ0n) is 18.0. The summed E-state index contributed by atoms with van der Waals surface area (Å²) in [5.74, 6) is -0.859. The van der Waals surface area contributed by atoms with Gasteiger partial charge in [0, 0.05) is 13.1 Å². The smallest absolute Gasteiger partial charge is 0.363 e. The molecule has 0 N–H and O–H groups in total. The van der Waals surface area contributed by atoms with Gasteiger partial charge >= 0.3 is 5.97 Å². The minimum atomic E-state index is -3.96. The van der Waals surface area contributed by atoms with Crippen molar-refractivity contribution in [3.63, 3.8) is 0 Å². The molecule has 0 aliphatic heterocycles. The highest BCUT2D eigenvalue weighted by molar-refractivity contribution is 7.96. The Labute approximate surface area is 176 Å². The van der Waals surface area contributed by atoms with Crippen LogP contribution in [0.1, 0.15) is 65.7 Å². The van der Waals surface area contributed by atoms with Crippen LogP contribution in [-0.2, 0) is 19.5 Å². The van der Waals surface area contributed by atoms with Crippen LogP contribution in [0.5, 0.6) is 0 Å². The molecule has 0 bridgehead atoms. The number of sulfone groups is 1. The number of carbonyl (C=O) groups is 1. The Hall–Kier alpha value is -1.92. The number of hydroxylamine groups is 2. The lowest BCUT2D eigenvalue weighted by atomic mass is 10.1. The van der Waals surface area contributed by atoms with E-state index in [4.69, 9.17) is 4.84 Å². The lowest BCUT2D eigenvalue weighted by Crippen LogP contribution is -2.29. The second kappa shape index (κ2) is 14.1. The van der Waals surface area contributed by atoms with E-state index in [1.165, 1.54) is 49.0 Å². The minimum absolute atomic E-state index is 0.0760. The van der Waals surface area contributed by atoms with Crippen molar-refractivity contribution in [3.05, 3.63) is 53.5 Å².